The van der Waals surface area contributed by atoms with Crippen molar-refractivity contribution in [1.29, 1.82) is 0 Å². The number of rotatable bonds is 4. The first-order valence-electron chi connectivity index (χ1n) is 9.21. The van der Waals surface area contributed by atoms with E-state index in [1.165, 1.54) is 11.8 Å². The van der Waals surface area contributed by atoms with Gasteiger partial charge in [0.25, 0.3) is 0 Å². The van der Waals surface area contributed by atoms with E-state index in [9.17, 15) is 9.59 Å². The van der Waals surface area contributed by atoms with Crippen molar-refractivity contribution in [3.05, 3.63) is 54.6 Å². The van der Waals surface area contributed by atoms with Crippen LogP contribution in [0.4, 0.5) is 11.4 Å². The highest BCUT2D eigenvalue weighted by Crippen LogP contribution is 2.37. The van der Waals surface area contributed by atoms with Crippen LogP contribution >= 0.6 is 11.8 Å². The van der Waals surface area contributed by atoms with E-state index in [0.29, 0.717) is 16.5 Å². The predicted molar refractivity (Wildman–Crippen MR) is 114 cm³/mol. The number of carbonyl (C=O) groups is 2. The molecule has 1 aliphatic heterocycles. The monoisotopic (exact) mass is 407 g/mol. The zero-order valence-corrected chi connectivity index (χ0v) is 17.2. The number of nitrogens with zero attached hydrogens (tertiary/aromatic N) is 4. The molecule has 1 aliphatic rings. The molecular formula is C21H21N5O2S. The van der Waals surface area contributed by atoms with Crippen molar-refractivity contribution in [3.8, 4) is 11.4 Å². The van der Waals surface area contributed by atoms with Gasteiger partial charge in [-0.3, -0.25) is 14.5 Å². The van der Waals surface area contributed by atoms with Crippen LogP contribution in [0.1, 0.15) is 13.8 Å². The maximum atomic E-state index is 13.2. The third-order valence-corrected chi connectivity index (χ3v) is 5.95. The average Bonchev–Trinajstić information content (AvgIpc) is 3.08. The van der Waals surface area contributed by atoms with Crippen LogP contribution in [0.15, 0.2) is 59.8 Å². The molecule has 0 unspecified atom stereocenters. The molecule has 0 bridgehead atoms. The molecule has 0 atom stereocenters. The Hall–Kier alpha value is -3.13. The van der Waals surface area contributed by atoms with Crippen LogP contribution in [-0.2, 0) is 16.6 Å². The molecule has 0 fully saturated rings. The molecule has 2 amide bonds. The second kappa shape index (κ2) is 7.36. The number of benzene rings is 2. The molecule has 0 aliphatic carbocycles. The van der Waals surface area contributed by atoms with Crippen molar-refractivity contribution < 1.29 is 9.59 Å². The number of hydrogen-bond acceptors (Lipinski definition) is 5. The molecule has 4 rings (SSSR count). The standard InChI is InChI=1S/C21H21N5O2S/c1-21(2)19(28)22-15-11-7-8-12-16(15)26(21)17(27)13-29-20-24-23-18(25(20)3)14-9-5-4-6-10-14/h4-12H,13H2,1-3H3,(H,22,28). The third kappa shape index (κ3) is 3.40. The Kier molecular flexibility index (Phi) is 4.87. The topological polar surface area (TPSA) is 80.1 Å². The Morgan fingerprint density at radius 1 is 1.07 bits per heavy atom. The molecule has 3 aromatic rings. The summed E-state index contributed by atoms with van der Waals surface area (Å²) in [6.07, 6.45) is 0. The Labute approximate surface area is 173 Å². The highest BCUT2D eigenvalue weighted by atomic mass is 32.2. The lowest BCUT2D eigenvalue weighted by atomic mass is 9.96. The van der Waals surface area contributed by atoms with Crippen molar-refractivity contribution in [1.82, 2.24) is 14.8 Å². The zero-order valence-electron chi connectivity index (χ0n) is 16.4. The fourth-order valence-electron chi connectivity index (χ4n) is 3.37. The molecule has 0 saturated carbocycles. The summed E-state index contributed by atoms with van der Waals surface area (Å²) in [6, 6.07) is 17.1. The number of thioether (sulfide) groups is 1. The normalized spacial score (nSPS) is 15.0. The second-order valence-corrected chi connectivity index (χ2v) is 8.22. The summed E-state index contributed by atoms with van der Waals surface area (Å²) < 4.78 is 1.87. The van der Waals surface area contributed by atoms with Gasteiger partial charge in [0.1, 0.15) is 5.54 Å². The van der Waals surface area contributed by atoms with E-state index in [2.05, 4.69) is 15.5 Å². The largest absolute Gasteiger partial charge is 0.322 e. The molecule has 8 heteroatoms. The lowest BCUT2D eigenvalue weighted by molar-refractivity contribution is -0.125. The number of hydrogen-bond donors (Lipinski definition) is 1. The number of anilines is 2. The van der Waals surface area contributed by atoms with Crippen LogP contribution in [0, 0.1) is 0 Å². The van der Waals surface area contributed by atoms with Crippen molar-refractivity contribution in [2.24, 2.45) is 7.05 Å². The van der Waals surface area contributed by atoms with E-state index in [-0.39, 0.29) is 17.6 Å². The van der Waals surface area contributed by atoms with Gasteiger partial charge in [0.2, 0.25) is 11.8 Å². The van der Waals surface area contributed by atoms with Crippen molar-refractivity contribution in [2.75, 3.05) is 16.0 Å². The van der Waals surface area contributed by atoms with Gasteiger partial charge in [-0.15, -0.1) is 10.2 Å². The molecule has 29 heavy (non-hydrogen) atoms. The number of nitrogens with one attached hydrogen (secondary N) is 1. The summed E-state index contributed by atoms with van der Waals surface area (Å²) in [4.78, 5) is 27.3. The van der Waals surface area contributed by atoms with Gasteiger partial charge < -0.3 is 9.88 Å². The molecule has 2 aromatic carbocycles. The number of amides is 2. The molecule has 148 valence electrons. The van der Waals surface area contributed by atoms with Crippen molar-refractivity contribution in [3.63, 3.8) is 0 Å². The van der Waals surface area contributed by atoms with Gasteiger partial charge in [0.05, 0.1) is 17.1 Å². The van der Waals surface area contributed by atoms with Crippen LogP contribution in [0.5, 0.6) is 0 Å². The quantitative estimate of drug-likeness (QED) is 0.671. The van der Waals surface area contributed by atoms with Gasteiger partial charge >= 0.3 is 0 Å². The molecular weight excluding hydrogens is 386 g/mol. The van der Waals surface area contributed by atoms with Crippen LogP contribution in [0.2, 0.25) is 0 Å². The number of aromatic nitrogens is 3. The fourth-order valence-corrected chi connectivity index (χ4v) is 4.13. The minimum atomic E-state index is -0.985. The highest BCUT2D eigenvalue weighted by molar-refractivity contribution is 7.99. The van der Waals surface area contributed by atoms with Crippen molar-refractivity contribution in [2.45, 2.75) is 24.5 Å². The first-order chi connectivity index (χ1) is 13.9. The Morgan fingerprint density at radius 2 is 1.76 bits per heavy atom. The van der Waals surface area contributed by atoms with Gasteiger partial charge in [0.15, 0.2) is 11.0 Å². The molecule has 0 spiro atoms. The summed E-state index contributed by atoms with van der Waals surface area (Å²) in [6.45, 7) is 3.49. The van der Waals surface area contributed by atoms with Crippen LogP contribution in [-0.4, -0.2) is 37.9 Å². The van der Waals surface area contributed by atoms with E-state index in [0.717, 1.165) is 11.4 Å². The van der Waals surface area contributed by atoms with Crippen LogP contribution < -0.4 is 10.2 Å². The molecule has 7 nitrogen and oxygen atoms in total. The smallest absolute Gasteiger partial charge is 0.250 e. The minimum Gasteiger partial charge on any atom is -0.322 e. The maximum Gasteiger partial charge on any atom is 0.250 e. The third-order valence-electron chi connectivity index (χ3n) is 4.95. The molecule has 0 saturated heterocycles. The van der Waals surface area contributed by atoms with E-state index in [4.69, 9.17) is 0 Å². The van der Waals surface area contributed by atoms with Crippen molar-refractivity contribution >= 4 is 35.0 Å². The Morgan fingerprint density at radius 3 is 2.52 bits per heavy atom. The first-order valence-corrected chi connectivity index (χ1v) is 10.2. The van der Waals surface area contributed by atoms with E-state index < -0.39 is 5.54 Å². The molecule has 1 N–H and O–H groups in total. The SMILES string of the molecule is Cn1c(SCC(=O)N2c3ccccc3NC(=O)C2(C)C)nnc1-c1ccccc1. The van der Waals surface area contributed by atoms with Gasteiger partial charge in [0, 0.05) is 12.6 Å². The average molecular weight is 407 g/mol. The Bertz CT molecular complexity index is 1080. The predicted octanol–water partition coefficient (Wildman–Crippen LogP) is 3.34. The second-order valence-electron chi connectivity index (χ2n) is 7.28. The van der Waals surface area contributed by atoms with Gasteiger partial charge in [-0.1, -0.05) is 54.2 Å². The Balaban J connectivity index is 1.56. The zero-order chi connectivity index (χ0) is 20.6. The van der Waals surface area contributed by atoms with E-state index >= 15 is 0 Å². The van der Waals surface area contributed by atoms with E-state index in [1.807, 2.05) is 60.1 Å². The molecule has 0 radical (unpaired) electrons. The summed E-state index contributed by atoms with van der Waals surface area (Å²) in [5.74, 6) is 0.515. The maximum absolute atomic E-state index is 13.2. The highest BCUT2D eigenvalue weighted by Gasteiger charge is 2.43. The molecule has 1 aromatic heterocycles. The summed E-state index contributed by atoms with van der Waals surface area (Å²) in [7, 11) is 1.88. The van der Waals surface area contributed by atoms with Gasteiger partial charge in [-0.25, -0.2) is 0 Å². The summed E-state index contributed by atoms with van der Waals surface area (Å²) in [5, 5.41) is 12.0. The molecule has 2 heterocycles. The number of fused-ring (bicyclic) bond motifs is 1. The van der Waals surface area contributed by atoms with Crippen LogP contribution in [0.25, 0.3) is 11.4 Å². The summed E-state index contributed by atoms with van der Waals surface area (Å²) in [5.41, 5.74) is 1.32. The first kappa shape index (κ1) is 19.2. The van der Waals surface area contributed by atoms with Gasteiger partial charge in [-0.05, 0) is 26.0 Å². The van der Waals surface area contributed by atoms with Crippen LogP contribution in [0.3, 0.4) is 0 Å². The summed E-state index contributed by atoms with van der Waals surface area (Å²) >= 11 is 1.31. The number of carbonyl (C=O) groups excluding carboxylic acids is 2. The number of para-hydroxylation sites is 2. The fraction of sp³-hybridized carbons (Fsp3) is 0.238. The lowest BCUT2D eigenvalue weighted by Crippen LogP contribution is -2.59. The van der Waals surface area contributed by atoms with Gasteiger partial charge in [-0.2, -0.15) is 0 Å². The minimum absolute atomic E-state index is 0.145. The van der Waals surface area contributed by atoms with E-state index in [1.54, 1.807) is 24.8 Å². The lowest BCUT2D eigenvalue weighted by Gasteiger charge is -2.42.